The summed E-state index contributed by atoms with van der Waals surface area (Å²) in [6, 6.07) is 15.0. The number of furan rings is 1. The Morgan fingerprint density at radius 1 is 1.11 bits per heavy atom. The van der Waals surface area contributed by atoms with E-state index in [0.29, 0.717) is 34.1 Å². The molecule has 180 valence electrons. The molecule has 0 saturated heterocycles. The molecule has 0 spiro atoms. The lowest BCUT2D eigenvalue weighted by molar-refractivity contribution is -0.122. The number of nitrogens with zero attached hydrogens (tertiary/aromatic N) is 1. The second-order valence-corrected chi connectivity index (χ2v) is 9.08. The summed E-state index contributed by atoms with van der Waals surface area (Å²) in [7, 11) is 0. The van der Waals surface area contributed by atoms with Crippen LogP contribution in [0.3, 0.4) is 0 Å². The standard InChI is InChI=1S/C25H21ClN2O6S/c1-15-3-6-18(7-4-15)27-23(30)13-28(14-29)25(33)35-16(2)11-19-8-10-22(34-19)17-5-9-20(24(31)32)21(26)12-17/h3-12,14H,13H2,1-2H3,(H,27,30)(H,31,32)/b16-11-. The molecule has 3 aromatic rings. The van der Waals surface area contributed by atoms with E-state index in [1.807, 2.05) is 19.1 Å². The number of rotatable bonds is 8. The number of aromatic carboxylic acids is 1. The van der Waals surface area contributed by atoms with Gasteiger partial charge >= 0.3 is 5.97 Å². The average molecular weight is 513 g/mol. The smallest absolute Gasteiger partial charge is 0.337 e. The molecule has 10 heteroatoms. The third-order valence-corrected chi connectivity index (χ3v) is 5.88. The predicted octanol–water partition coefficient (Wildman–Crippen LogP) is 5.92. The van der Waals surface area contributed by atoms with Crippen LogP contribution in [0.25, 0.3) is 17.4 Å². The number of carboxylic acid groups (broad SMARTS) is 1. The topological polar surface area (TPSA) is 117 Å². The van der Waals surface area contributed by atoms with Gasteiger partial charge in [-0.3, -0.25) is 19.3 Å². The molecule has 3 amide bonds. The SMILES string of the molecule is C/C(=C/c1ccc(-c2ccc(C(=O)O)c(Cl)c2)o1)SC(=O)N(C=O)CC(=O)Nc1ccc(C)cc1. The number of aryl methyl sites for hydroxylation is 1. The van der Waals surface area contributed by atoms with Gasteiger partial charge in [-0.15, -0.1) is 0 Å². The number of halogens is 1. The van der Waals surface area contributed by atoms with Gasteiger partial charge in [-0.2, -0.15) is 0 Å². The zero-order chi connectivity index (χ0) is 25.5. The zero-order valence-electron chi connectivity index (χ0n) is 18.8. The van der Waals surface area contributed by atoms with Gasteiger partial charge in [0.1, 0.15) is 18.1 Å². The number of allylic oxidation sites excluding steroid dienone is 1. The number of thioether (sulfide) groups is 1. The van der Waals surface area contributed by atoms with Gasteiger partial charge in [0, 0.05) is 11.3 Å². The van der Waals surface area contributed by atoms with E-state index in [9.17, 15) is 19.2 Å². The quantitative estimate of drug-likeness (QED) is 0.360. The van der Waals surface area contributed by atoms with E-state index in [-0.39, 0.29) is 10.6 Å². The van der Waals surface area contributed by atoms with Crippen molar-refractivity contribution in [2.75, 3.05) is 11.9 Å². The maximum atomic E-state index is 12.5. The van der Waals surface area contributed by atoms with E-state index < -0.39 is 23.7 Å². The van der Waals surface area contributed by atoms with E-state index in [4.69, 9.17) is 21.1 Å². The van der Waals surface area contributed by atoms with Crippen LogP contribution in [0.15, 0.2) is 63.9 Å². The molecule has 35 heavy (non-hydrogen) atoms. The number of benzene rings is 2. The third-order valence-electron chi connectivity index (χ3n) is 4.72. The Morgan fingerprint density at radius 2 is 1.83 bits per heavy atom. The highest BCUT2D eigenvalue weighted by atomic mass is 35.5. The molecule has 8 nitrogen and oxygen atoms in total. The minimum atomic E-state index is -1.13. The normalized spacial score (nSPS) is 11.1. The van der Waals surface area contributed by atoms with Gasteiger partial charge in [0.15, 0.2) is 0 Å². The second kappa shape index (κ2) is 11.5. The lowest BCUT2D eigenvalue weighted by Crippen LogP contribution is -2.34. The first-order valence-corrected chi connectivity index (χ1v) is 11.5. The number of anilines is 1. The summed E-state index contributed by atoms with van der Waals surface area (Å²) >= 11 is 6.80. The number of amides is 3. The van der Waals surface area contributed by atoms with Crippen LogP contribution in [0.5, 0.6) is 0 Å². The summed E-state index contributed by atoms with van der Waals surface area (Å²) in [6.07, 6.45) is 1.92. The van der Waals surface area contributed by atoms with Gasteiger partial charge in [0.2, 0.25) is 12.3 Å². The molecule has 0 aliphatic heterocycles. The van der Waals surface area contributed by atoms with Crippen LogP contribution in [0.1, 0.15) is 28.6 Å². The first-order valence-electron chi connectivity index (χ1n) is 10.3. The highest BCUT2D eigenvalue weighted by Crippen LogP contribution is 2.29. The van der Waals surface area contributed by atoms with Gasteiger partial charge < -0.3 is 14.8 Å². The average Bonchev–Trinajstić information content (AvgIpc) is 3.26. The van der Waals surface area contributed by atoms with Crippen LogP contribution in [-0.4, -0.2) is 40.1 Å². The highest BCUT2D eigenvalue weighted by molar-refractivity contribution is 8.16. The highest BCUT2D eigenvalue weighted by Gasteiger charge is 2.18. The molecule has 0 bridgehead atoms. The number of nitrogens with one attached hydrogen (secondary N) is 1. The molecule has 2 N–H and O–H groups in total. The molecule has 0 unspecified atom stereocenters. The number of carbonyl (C=O) groups is 4. The molecule has 0 fully saturated rings. The first-order chi connectivity index (χ1) is 16.7. The molecule has 0 saturated carbocycles. The number of imide groups is 1. The van der Waals surface area contributed by atoms with Gasteiger partial charge in [0.05, 0.1) is 10.6 Å². The van der Waals surface area contributed by atoms with Crippen molar-refractivity contribution in [2.24, 2.45) is 0 Å². The summed E-state index contributed by atoms with van der Waals surface area (Å²) in [5.74, 6) is -0.730. The Morgan fingerprint density at radius 3 is 2.46 bits per heavy atom. The summed E-state index contributed by atoms with van der Waals surface area (Å²) in [5.41, 5.74) is 2.18. The van der Waals surface area contributed by atoms with Crippen molar-refractivity contribution < 1.29 is 28.7 Å². The lowest BCUT2D eigenvalue weighted by atomic mass is 10.1. The van der Waals surface area contributed by atoms with Gasteiger partial charge in [-0.25, -0.2) is 4.79 Å². The van der Waals surface area contributed by atoms with E-state index >= 15 is 0 Å². The van der Waals surface area contributed by atoms with Crippen LogP contribution in [-0.2, 0) is 9.59 Å². The summed E-state index contributed by atoms with van der Waals surface area (Å²) < 4.78 is 5.75. The molecule has 1 heterocycles. The Labute approximate surface area is 210 Å². The number of carboxylic acids is 1. The van der Waals surface area contributed by atoms with E-state index in [0.717, 1.165) is 22.2 Å². The second-order valence-electron chi connectivity index (χ2n) is 7.47. The van der Waals surface area contributed by atoms with Gasteiger partial charge in [0.25, 0.3) is 5.24 Å². The molecular formula is C25H21ClN2O6S. The molecule has 2 aromatic carbocycles. The Hall–Kier alpha value is -3.82. The fraction of sp³-hybridized carbons (Fsp3) is 0.120. The minimum absolute atomic E-state index is 0.0138. The zero-order valence-corrected chi connectivity index (χ0v) is 20.4. The van der Waals surface area contributed by atoms with Crippen molar-refractivity contribution in [1.82, 2.24) is 4.90 Å². The molecule has 3 rings (SSSR count). The third kappa shape index (κ3) is 7.08. The van der Waals surface area contributed by atoms with Gasteiger partial charge in [-0.05, 0) is 73.0 Å². The van der Waals surface area contributed by atoms with Crippen LogP contribution in [0.4, 0.5) is 10.5 Å². The monoisotopic (exact) mass is 512 g/mol. The minimum Gasteiger partial charge on any atom is -0.478 e. The number of hydrogen-bond donors (Lipinski definition) is 2. The first kappa shape index (κ1) is 25.8. The Kier molecular flexibility index (Phi) is 8.51. The predicted molar refractivity (Wildman–Crippen MR) is 135 cm³/mol. The molecular weight excluding hydrogens is 492 g/mol. The Bertz CT molecular complexity index is 1300. The van der Waals surface area contributed by atoms with Crippen molar-refractivity contribution in [3.8, 4) is 11.3 Å². The fourth-order valence-electron chi connectivity index (χ4n) is 2.99. The van der Waals surface area contributed by atoms with Crippen molar-refractivity contribution in [3.63, 3.8) is 0 Å². The van der Waals surface area contributed by atoms with Crippen molar-refractivity contribution in [2.45, 2.75) is 13.8 Å². The molecule has 0 aliphatic rings. The maximum Gasteiger partial charge on any atom is 0.337 e. The molecule has 0 atom stereocenters. The molecule has 0 radical (unpaired) electrons. The van der Waals surface area contributed by atoms with Crippen molar-refractivity contribution in [1.29, 1.82) is 0 Å². The number of hydrogen-bond acceptors (Lipinski definition) is 6. The largest absolute Gasteiger partial charge is 0.478 e. The van der Waals surface area contributed by atoms with Crippen LogP contribution < -0.4 is 5.32 Å². The van der Waals surface area contributed by atoms with Crippen molar-refractivity contribution in [3.05, 3.63) is 81.4 Å². The number of carbonyl (C=O) groups excluding carboxylic acids is 3. The van der Waals surface area contributed by atoms with E-state index in [2.05, 4.69) is 5.32 Å². The fourth-order valence-corrected chi connectivity index (χ4v) is 3.93. The van der Waals surface area contributed by atoms with Gasteiger partial charge in [-0.1, -0.05) is 35.4 Å². The summed E-state index contributed by atoms with van der Waals surface area (Å²) in [6.45, 7) is 3.16. The van der Waals surface area contributed by atoms with Crippen molar-refractivity contribution >= 4 is 58.7 Å². The summed E-state index contributed by atoms with van der Waals surface area (Å²) in [4.78, 5) is 48.5. The lowest BCUT2D eigenvalue weighted by Gasteiger charge is -2.14. The molecule has 0 aliphatic carbocycles. The molecule has 1 aromatic heterocycles. The summed E-state index contributed by atoms with van der Waals surface area (Å²) in [5, 5.41) is 11.2. The van der Waals surface area contributed by atoms with E-state index in [1.165, 1.54) is 12.1 Å². The van der Waals surface area contributed by atoms with Crippen LogP contribution in [0.2, 0.25) is 5.02 Å². The maximum absolute atomic E-state index is 12.5. The Balaban J connectivity index is 1.62. The van der Waals surface area contributed by atoms with Crippen LogP contribution >= 0.6 is 23.4 Å². The van der Waals surface area contributed by atoms with Crippen LogP contribution in [0, 0.1) is 6.92 Å². The van der Waals surface area contributed by atoms with E-state index in [1.54, 1.807) is 43.3 Å².